The molecule has 2 aromatic heterocycles. The van der Waals surface area contributed by atoms with Crippen molar-refractivity contribution in [3.63, 3.8) is 0 Å². The molecule has 0 saturated heterocycles. The molecule has 0 bridgehead atoms. The maximum atomic E-state index is 10.1. The summed E-state index contributed by atoms with van der Waals surface area (Å²) < 4.78 is 0. The van der Waals surface area contributed by atoms with Crippen molar-refractivity contribution in [1.29, 1.82) is 0 Å². The first-order chi connectivity index (χ1) is 9.74. The van der Waals surface area contributed by atoms with Crippen molar-refractivity contribution in [2.75, 3.05) is 11.9 Å². The average Bonchev–Trinajstić information content (AvgIpc) is 2.93. The summed E-state index contributed by atoms with van der Waals surface area (Å²) in [5, 5.41) is 23.3. The molecule has 3 N–H and O–H groups in total. The molecule has 0 radical (unpaired) electrons. The van der Waals surface area contributed by atoms with Gasteiger partial charge >= 0.3 is 0 Å². The minimum Gasteiger partial charge on any atom is -0.387 e. The van der Waals surface area contributed by atoms with Gasteiger partial charge in [0.25, 0.3) is 0 Å². The molecule has 20 heavy (non-hydrogen) atoms. The van der Waals surface area contributed by atoms with Crippen LogP contribution in [0.5, 0.6) is 0 Å². The average molecular weight is 291 g/mol. The lowest BCUT2D eigenvalue weighted by molar-refractivity contribution is 0.191. The van der Waals surface area contributed by atoms with Gasteiger partial charge in [-0.15, -0.1) is 5.10 Å². The number of benzene rings is 1. The molecule has 7 nitrogen and oxygen atoms in total. The smallest absolute Gasteiger partial charge is 0.226 e. The molecular weight excluding hydrogens is 280 g/mol. The van der Waals surface area contributed by atoms with Crippen LogP contribution in [0.1, 0.15) is 11.7 Å². The van der Waals surface area contributed by atoms with Gasteiger partial charge in [0.15, 0.2) is 5.82 Å². The number of hydrogen-bond acceptors (Lipinski definition) is 6. The summed E-state index contributed by atoms with van der Waals surface area (Å²) in [6.07, 6.45) is -0.657. The number of nitrogens with one attached hydrogen (secondary N) is 2. The molecule has 3 aromatic rings. The molecule has 1 atom stereocenters. The van der Waals surface area contributed by atoms with E-state index in [2.05, 4.69) is 30.7 Å². The van der Waals surface area contributed by atoms with E-state index in [0.717, 1.165) is 5.56 Å². The molecule has 0 aliphatic heterocycles. The van der Waals surface area contributed by atoms with Gasteiger partial charge in [-0.1, -0.05) is 35.5 Å². The summed E-state index contributed by atoms with van der Waals surface area (Å²) >= 11 is 5.81. The minimum absolute atomic E-state index is 0.0723. The standard InChI is InChI=1S/C12H11ClN6O/c13-12-15-10(9-11(16-12)18-19-17-9)14-6-8(20)7-4-2-1-3-5-7/h1-5,8,20H,6H2,(H2,14,15,16,17,18,19)/t8-/m1/s1. The van der Waals surface area contributed by atoms with Gasteiger partial charge < -0.3 is 10.4 Å². The zero-order valence-corrected chi connectivity index (χ0v) is 11.0. The molecule has 0 fully saturated rings. The molecule has 3 rings (SSSR count). The fourth-order valence-electron chi connectivity index (χ4n) is 1.83. The SMILES string of the molecule is O[C@H](CNc1nc(Cl)nc2nn[nH]c12)c1ccccc1. The Morgan fingerprint density at radius 3 is 2.85 bits per heavy atom. The van der Waals surface area contributed by atoms with Crippen LogP contribution in [-0.2, 0) is 0 Å². The molecule has 102 valence electrons. The van der Waals surface area contributed by atoms with Crippen LogP contribution in [0.2, 0.25) is 5.28 Å². The Hall–Kier alpha value is -2.25. The number of rotatable bonds is 4. The van der Waals surface area contributed by atoms with Crippen molar-refractivity contribution in [3.8, 4) is 0 Å². The first-order valence-corrected chi connectivity index (χ1v) is 6.33. The predicted octanol–water partition coefficient (Wildman–Crippen LogP) is 1.55. The number of anilines is 1. The third-order valence-corrected chi connectivity index (χ3v) is 2.99. The number of hydrogen-bond donors (Lipinski definition) is 3. The molecule has 0 aliphatic rings. The lowest BCUT2D eigenvalue weighted by Crippen LogP contribution is -2.13. The molecule has 0 spiro atoms. The Morgan fingerprint density at radius 2 is 2.05 bits per heavy atom. The normalized spacial score (nSPS) is 12.5. The van der Waals surface area contributed by atoms with Gasteiger partial charge in [-0.05, 0) is 17.2 Å². The Bertz CT molecular complexity index is 716. The molecule has 0 aliphatic carbocycles. The van der Waals surface area contributed by atoms with Crippen molar-refractivity contribution in [2.24, 2.45) is 0 Å². The number of halogens is 1. The van der Waals surface area contributed by atoms with Gasteiger partial charge in [-0.3, -0.25) is 5.10 Å². The molecule has 8 heteroatoms. The minimum atomic E-state index is -0.657. The summed E-state index contributed by atoms with van der Waals surface area (Å²) in [5.41, 5.74) is 1.75. The van der Waals surface area contributed by atoms with Gasteiger partial charge in [0.1, 0.15) is 5.52 Å². The highest BCUT2D eigenvalue weighted by Gasteiger charge is 2.12. The molecule has 0 saturated carbocycles. The van der Waals surface area contributed by atoms with Crippen LogP contribution in [0.3, 0.4) is 0 Å². The highest BCUT2D eigenvalue weighted by molar-refractivity contribution is 6.28. The van der Waals surface area contributed by atoms with Crippen molar-refractivity contribution in [1.82, 2.24) is 25.4 Å². The predicted molar refractivity (Wildman–Crippen MR) is 74.4 cm³/mol. The van der Waals surface area contributed by atoms with Crippen molar-refractivity contribution < 1.29 is 5.11 Å². The van der Waals surface area contributed by atoms with E-state index in [9.17, 15) is 5.11 Å². The molecule has 0 unspecified atom stereocenters. The quantitative estimate of drug-likeness (QED) is 0.630. The fourth-order valence-corrected chi connectivity index (χ4v) is 2.00. The fraction of sp³-hybridized carbons (Fsp3) is 0.167. The van der Waals surface area contributed by atoms with E-state index >= 15 is 0 Å². The maximum Gasteiger partial charge on any atom is 0.226 e. The highest BCUT2D eigenvalue weighted by Crippen LogP contribution is 2.19. The number of aromatic amines is 1. The van der Waals surface area contributed by atoms with E-state index in [4.69, 9.17) is 11.6 Å². The van der Waals surface area contributed by atoms with Crippen molar-refractivity contribution >= 4 is 28.6 Å². The van der Waals surface area contributed by atoms with Crippen LogP contribution in [0, 0.1) is 0 Å². The van der Waals surface area contributed by atoms with Crippen LogP contribution in [-0.4, -0.2) is 37.0 Å². The Morgan fingerprint density at radius 1 is 1.25 bits per heavy atom. The van der Waals surface area contributed by atoms with E-state index in [0.29, 0.717) is 17.0 Å². The monoisotopic (exact) mass is 290 g/mol. The van der Waals surface area contributed by atoms with E-state index in [1.54, 1.807) is 0 Å². The lowest BCUT2D eigenvalue weighted by Gasteiger charge is -2.12. The van der Waals surface area contributed by atoms with Crippen LogP contribution >= 0.6 is 11.6 Å². The zero-order valence-electron chi connectivity index (χ0n) is 10.3. The second kappa shape index (κ2) is 5.40. The number of aliphatic hydroxyl groups excluding tert-OH is 1. The van der Waals surface area contributed by atoms with E-state index < -0.39 is 6.10 Å². The Balaban J connectivity index is 1.78. The van der Waals surface area contributed by atoms with Gasteiger partial charge in [0.2, 0.25) is 10.9 Å². The number of aromatic nitrogens is 5. The summed E-state index contributed by atoms with van der Waals surface area (Å²) in [4.78, 5) is 7.99. The molecular formula is C12H11ClN6O. The van der Waals surface area contributed by atoms with Crippen LogP contribution < -0.4 is 5.32 Å². The second-order valence-electron chi connectivity index (χ2n) is 4.16. The summed E-state index contributed by atoms with van der Waals surface area (Å²) in [5.74, 6) is 0.458. The largest absolute Gasteiger partial charge is 0.387 e. The zero-order chi connectivity index (χ0) is 13.9. The van der Waals surface area contributed by atoms with Crippen LogP contribution in [0.4, 0.5) is 5.82 Å². The van der Waals surface area contributed by atoms with Gasteiger partial charge in [0, 0.05) is 6.54 Å². The van der Waals surface area contributed by atoms with E-state index in [1.807, 2.05) is 30.3 Å². The molecule has 0 amide bonds. The third kappa shape index (κ3) is 2.54. The first-order valence-electron chi connectivity index (χ1n) is 5.95. The summed E-state index contributed by atoms with van der Waals surface area (Å²) in [7, 11) is 0. The van der Waals surface area contributed by atoms with Gasteiger partial charge in [0.05, 0.1) is 6.10 Å². The number of aliphatic hydroxyl groups is 1. The number of fused-ring (bicyclic) bond motifs is 1. The summed E-state index contributed by atoms with van der Waals surface area (Å²) in [6.45, 7) is 0.283. The van der Waals surface area contributed by atoms with Crippen molar-refractivity contribution in [3.05, 3.63) is 41.2 Å². The topological polar surface area (TPSA) is 99.6 Å². The third-order valence-electron chi connectivity index (χ3n) is 2.82. The second-order valence-corrected chi connectivity index (χ2v) is 4.50. The van der Waals surface area contributed by atoms with E-state index in [-0.39, 0.29) is 11.8 Å². The van der Waals surface area contributed by atoms with Gasteiger partial charge in [-0.2, -0.15) is 9.97 Å². The maximum absolute atomic E-state index is 10.1. The lowest BCUT2D eigenvalue weighted by atomic mass is 10.1. The molecule has 2 heterocycles. The Kier molecular flexibility index (Phi) is 3.44. The van der Waals surface area contributed by atoms with Crippen LogP contribution in [0.15, 0.2) is 30.3 Å². The van der Waals surface area contributed by atoms with Gasteiger partial charge in [-0.25, -0.2) is 0 Å². The molecule has 1 aromatic carbocycles. The van der Waals surface area contributed by atoms with Crippen molar-refractivity contribution in [2.45, 2.75) is 6.10 Å². The van der Waals surface area contributed by atoms with E-state index in [1.165, 1.54) is 0 Å². The number of nitrogens with zero attached hydrogens (tertiary/aromatic N) is 4. The Labute approximate surface area is 119 Å². The highest BCUT2D eigenvalue weighted by atomic mass is 35.5. The summed E-state index contributed by atoms with van der Waals surface area (Å²) in [6, 6.07) is 9.35. The first kappa shape index (κ1) is 12.8. The number of H-pyrrole nitrogens is 1. The van der Waals surface area contributed by atoms with Crippen LogP contribution in [0.25, 0.3) is 11.2 Å².